The van der Waals surface area contributed by atoms with Crippen LogP contribution in [-0.4, -0.2) is 67.7 Å². The number of nitrogens with zero attached hydrogens (tertiary/aromatic N) is 1. The van der Waals surface area contributed by atoms with Crippen LogP contribution < -0.4 is 5.32 Å². The minimum Gasteiger partial charge on any atom is -0.381 e. The number of amides is 1. The Morgan fingerprint density at radius 3 is 1.86 bits per heavy atom. The van der Waals surface area contributed by atoms with Crippen molar-refractivity contribution in [2.45, 2.75) is 143 Å². The molecule has 0 aromatic rings. The molecule has 1 aliphatic carbocycles. The highest BCUT2D eigenvalue weighted by Gasteiger charge is 2.36. The molecule has 0 saturated carbocycles. The summed E-state index contributed by atoms with van der Waals surface area (Å²) < 4.78 is 11.7. The first-order chi connectivity index (χ1) is 23.2. The van der Waals surface area contributed by atoms with Crippen LogP contribution in [0.2, 0.25) is 0 Å². The molecule has 0 aromatic carbocycles. The fourth-order valence-corrected chi connectivity index (χ4v) is 5.58. The molecule has 2 aliphatic heterocycles. The second-order valence-corrected chi connectivity index (χ2v) is 12.5. The zero-order valence-electron chi connectivity index (χ0n) is 33.8. The predicted molar refractivity (Wildman–Crippen MR) is 217 cm³/mol. The third kappa shape index (κ3) is 17.8. The Balaban J connectivity index is -0.000000832. The van der Waals surface area contributed by atoms with Gasteiger partial charge in [-0.25, -0.2) is 0 Å². The molecule has 0 unspecified atom stereocenters. The number of carbonyl (C=O) groups excluding carboxylic acids is 4. The topological polar surface area (TPSA) is 102 Å². The monoisotopic (exact) mass is 719 g/mol. The Labute approximate surface area is 314 Å². The summed E-state index contributed by atoms with van der Waals surface area (Å²) in [6, 6.07) is 0. The summed E-state index contributed by atoms with van der Waals surface area (Å²) in [6.45, 7) is 29.1. The van der Waals surface area contributed by atoms with Gasteiger partial charge in [-0.2, -0.15) is 0 Å². The number of Topliss-reactive ketones (excluding diaryl/α,β-unsaturated/α-hetero) is 2. The normalized spacial score (nSPS) is 27.9. The Morgan fingerprint density at radius 1 is 0.882 bits per heavy atom. The summed E-state index contributed by atoms with van der Waals surface area (Å²) >= 11 is 0. The maximum atomic E-state index is 13.7. The fraction of sp³-hybridized carbons (Fsp3) is 0.674. The summed E-state index contributed by atoms with van der Waals surface area (Å²) in [6.07, 6.45) is 11.1. The highest BCUT2D eigenvalue weighted by molar-refractivity contribution is 6.23. The van der Waals surface area contributed by atoms with Crippen molar-refractivity contribution in [2.75, 3.05) is 27.3 Å². The van der Waals surface area contributed by atoms with Gasteiger partial charge in [-0.3, -0.25) is 14.4 Å². The third-order valence-electron chi connectivity index (χ3n) is 8.65. The number of rotatable bonds is 3. The van der Waals surface area contributed by atoms with E-state index < -0.39 is 5.91 Å². The van der Waals surface area contributed by atoms with E-state index in [1.54, 1.807) is 27.2 Å². The number of hydrogen-bond acceptors (Lipinski definition) is 7. The van der Waals surface area contributed by atoms with E-state index in [-0.39, 0.29) is 73.8 Å². The summed E-state index contributed by atoms with van der Waals surface area (Å²) in [7, 11) is 3.43. The molecular weight excluding hydrogens is 640 g/mol. The average Bonchev–Trinajstić information content (AvgIpc) is 3.06. The molecular formula is C43H78N2O6. The van der Waals surface area contributed by atoms with Gasteiger partial charge in [-0.1, -0.05) is 114 Å². The highest BCUT2D eigenvalue weighted by atomic mass is 16.5. The second-order valence-electron chi connectivity index (χ2n) is 12.5. The molecule has 296 valence electrons. The quantitative estimate of drug-likeness (QED) is 0.229. The first kappa shape index (κ1) is 54.7. The molecule has 0 spiro atoms. The van der Waals surface area contributed by atoms with Gasteiger partial charge in [-0.05, 0) is 64.7 Å². The van der Waals surface area contributed by atoms with E-state index in [9.17, 15) is 19.2 Å². The summed E-state index contributed by atoms with van der Waals surface area (Å²) in [5, 5.41) is 2.71. The largest absolute Gasteiger partial charge is 0.381 e. The second kappa shape index (κ2) is 29.5. The zero-order valence-corrected chi connectivity index (χ0v) is 33.8. The standard InChI is InChI=1S/C32H46N2O5.C3H6O.3C2H6.2CH4/c1-19-15-25-30(34-13-10-14-34)27(35)18-26(31(25)36)33-32(37)20(2)11-9-12-28(38-7)23(5)21(3)17-22(4)24(6)29(16-19)39-8;1-3(2)4;3*1-2;;/h9,11-12,17-19,22-24,28-29H,10,13-16H2,1-8H3,(H,33,37);1-2H3;3*1-2H3;2*1H4/b12-9-,20-11+,21-17+;;;;;;/t19-,22+,23+,24-,28+,29+;;;;;;/m1....../s1. The number of ketones is 3. The maximum absolute atomic E-state index is 13.7. The molecule has 1 N–H and O–H groups in total. The van der Waals surface area contributed by atoms with Crippen molar-refractivity contribution in [2.24, 2.45) is 23.7 Å². The van der Waals surface area contributed by atoms with Crippen LogP contribution in [0.15, 0.2) is 58.5 Å². The molecule has 1 saturated heterocycles. The minimum atomic E-state index is -0.412. The lowest BCUT2D eigenvalue weighted by Crippen LogP contribution is -2.43. The predicted octanol–water partition coefficient (Wildman–Crippen LogP) is 9.86. The van der Waals surface area contributed by atoms with Crippen LogP contribution in [0, 0.1) is 23.7 Å². The maximum Gasteiger partial charge on any atom is 0.251 e. The van der Waals surface area contributed by atoms with Crippen molar-refractivity contribution in [1.82, 2.24) is 10.2 Å². The number of fused-ring (bicyclic) bond motifs is 2. The van der Waals surface area contributed by atoms with Gasteiger partial charge >= 0.3 is 0 Å². The van der Waals surface area contributed by atoms with Crippen LogP contribution in [-0.2, 0) is 28.7 Å². The van der Waals surface area contributed by atoms with Gasteiger partial charge < -0.3 is 24.5 Å². The van der Waals surface area contributed by atoms with E-state index in [4.69, 9.17) is 9.47 Å². The van der Waals surface area contributed by atoms with Gasteiger partial charge in [0, 0.05) is 50.4 Å². The summed E-state index contributed by atoms with van der Waals surface area (Å²) in [4.78, 5) is 51.3. The van der Waals surface area contributed by atoms with E-state index >= 15 is 0 Å². The molecule has 0 aromatic heterocycles. The molecule has 51 heavy (non-hydrogen) atoms. The van der Waals surface area contributed by atoms with Gasteiger partial charge in [0.15, 0.2) is 0 Å². The molecule has 0 radical (unpaired) electrons. The van der Waals surface area contributed by atoms with E-state index in [0.29, 0.717) is 23.3 Å². The fourth-order valence-electron chi connectivity index (χ4n) is 5.58. The minimum absolute atomic E-state index is 0. The Kier molecular flexibility index (Phi) is 31.6. The lowest BCUT2D eigenvalue weighted by atomic mass is 9.81. The first-order valence-electron chi connectivity index (χ1n) is 18.4. The Hall–Kier alpha value is -3.10. The van der Waals surface area contributed by atoms with Crippen LogP contribution in [0.3, 0.4) is 0 Å². The van der Waals surface area contributed by atoms with Crippen LogP contribution >= 0.6 is 0 Å². The molecule has 8 nitrogen and oxygen atoms in total. The number of ether oxygens (including phenoxy) is 2. The van der Waals surface area contributed by atoms with Crippen molar-refractivity contribution in [3.8, 4) is 0 Å². The van der Waals surface area contributed by atoms with Crippen LogP contribution in [0.5, 0.6) is 0 Å². The first-order valence-corrected chi connectivity index (χ1v) is 18.4. The number of hydrogen-bond donors (Lipinski definition) is 1. The van der Waals surface area contributed by atoms with Crippen molar-refractivity contribution in [3.05, 3.63) is 58.5 Å². The molecule has 1 fully saturated rings. The third-order valence-corrected chi connectivity index (χ3v) is 8.65. The average molecular weight is 719 g/mol. The van der Waals surface area contributed by atoms with Crippen molar-refractivity contribution in [3.63, 3.8) is 0 Å². The number of likely N-dealkylation sites (tertiary alicyclic amines) is 1. The zero-order chi connectivity index (χ0) is 38.4. The van der Waals surface area contributed by atoms with E-state index in [0.717, 1.165) is 25.9 Å². The SMILES string of the molecule is C.C.CC.CC.CC.CC(C)=O.CO[C@H]1/C=C\C=C(/C)C(=O)NC2=CC(=O)C(N3CCC3)=C(C[C@@H](C)C[C@H](OC)[C@H](C)[C@@H](C)/C=C(\C)[C@@H]1C)C2=O. The Morgan fingerprint density at radius 2 is 1.41 bits per heavy atom. The van der Waals surface area contributed by atoms with Gasteiger partial charge in [0.1, 0.15) is 5.78 Å². The Bertz CT molecular complexity index is 1200. The van der Waals surface area contributed by atoms with Crippen LogP contribution in [0.1, 0.15) is 131 Å². The number of carbonyl (C=O) groups is 4. The highest BCUT2D eigenvalue weighted by Crippen LogP contribution is 2.33. The molecule has 3 rings (SSSR count). The van der Waals surface area contributed by atoms with Crippen LogP contribution in [0.25, 0.3) is 0 Å². The smallest absolute Gasteiger partial charge is 0.251 e. The van der Waals surface area contributed by atoms with Gasteiger partial charge in [0.05, 0.1) is 23.6 Å². The van der Waals surface area contributed by atoms with E-state index in [1.165, 1.54) is 25.5 Å². The van der Waals surface area contributed by atoms with E-state index in [1.807, 2.05) is 58.6 Å². The van der Waals surface area contributed by atoms with Crippen molar-refractivity contribution >= 4 is 23.3 Å². The number of nitrogens with one attached hydrogen (secondary N) is 1. The van der Waals surface area contributed by atoms with Crippen LogP contribution in [0.4, 0.5) is 0 Å². The molecule has 8 heteroatoms. The molecule has 2 bridgehead atoms. The molecule has 3 aliphatic rings. The summed E-state index contributed by atoms with van der Waals surface area (Å²) in [5.74, 6) is 0.00135. The van der Waals surface area contributed by atoms with Crippen molar-refractivity contribution < 1.29 is 28.7 Å². The molecule has 6 atom stereocenters. The lowest BCUT2D eigenvalue weighted by Gasteiger charge is -2.37. The van der Waals surface area contributed by atoms with Gasteiger partial charge in [0.2, 0.25) is 11.6 Å². The van der Waals surface area contributed by atoms with Gasteiger partial charge in [0.25, 0.3) is 5.91 Å². The number of allylic oxidation sites excluding steroid dienone is 5. The van der Waals surface area contributed by atoms with Gasteiger partial charge in [-0.15, -0.1) is 0 Å². The van der Waals surface area contributed by atoms with Crippen molar-refractivity contribution in [1.29, 1.82) is 0 Å². The van der Waals surface area contributed by atoms with E-state index in [2.05, 4.69) is 46.0 Å². The molecule has 2 heterocycles. The summed E-state index contributed by atoms with van der Waals surface area (Å²) in [5.41, 5.74) is 2.69. The number of methoxy groups -OCH3 is 2. The lowest BCUT2D eigenvalue weighted by molar-refractivity contribution is -0.120. The molecule has 1 amide bonds.